The Kier molecular flexibility index (Phi) is 4.75. The van der Waals surface area contributed by atoms with Gasteiger partial charge in [-0.3, -0.25) is 9.69 Å². The summed E-state index contributed by atoms with van der Waals surface area (Å²) in [5, 5.41) is 2.90. The first-order valence-electron chi connectivity index (χ1n) is 7.18. The quantitative estimate of drug-likeness (QED) is 0.893. The van der Waals surface area contributed by atoms with Crippen molar-refractivity contribution in [3.8, 4) is 11.5 Å². The second-order valence-corrected chi connectivity index (χ2v) is 7.15. The van der Waals surface area contributed by atoms with Gasteiger partial charge < -0.3 is 14.8 Å². The number of benzene rings is 1. The summed E-state index contributed by atoms with van der Waals surface area (Å²) in [4.78, 5) is 15.5. The van der Waals surface area contributed by atoms with Crippen molar-refractivity contribution in [1.82, 2.24) is 4.90 Å². The highest BCUT2D eigenvalue weighted by Crippen LogP contribution is 2.34. The number of hydrogen-bond acceptors (Lipinski definition) is 5. The van der Waals surface area contributed by atoms with E-state index in [9.17, 15) is 4.79 Å². The van der Waals surface area contributed by atoms with Gasteiger partial charge in [-0.25, -0.2) is 0 Å². The number of fused-ring (bicyclic) bond motifs is 1. The highest BCUT2D eigenvalue weighted by atomic mass is 35.5. The Labute approximate surface area is 143 Å². The van der Waals surface area contributed by atoms with Gasteiger partial charge in [-0.1, -0.05) is 11.6 Å². The molecule has 1 aliphatic rings. The van der Waals surface area contributed by atoms with E-state index >= 15 is 0 Å². The lowest BCUT2D eigenvalue weighted by atomic mass is 10.2. The normalized spacial score (nSPS) is 14.1. The zero-order chi connectivity index (χ0) is 16.4. The fourth-order valence-electron chi connectivity index (χ4n) is 2.24. The van der Waals surface area contributed by atoms with Crippen molar-refractivity contribution in [2.24, 2.45) is 0 Å². The zero-order valence-electron chi connectivity index (χ0n) is 12.8. The van der Waals surface area contributed by atoms with E-state index in [4.69, 9.17) is 21.1 Å². The van der Waals surface area contributed by atoms with Crippen LogP contribution in [0, 0.1) is 0 Å². The molecule has 0 radical (unpaired) electrons. The Hall–Kier alpha value is -1.76. The molecule has 0 unspecified atom stereocenters. The first-order chi connectivity index (χ1) is 11.0. The van der Waals surface area contributed by atoms with E-state index in [-0.39, 0.29) is 18.7 Å². The second-order valence-electron chi connectivity index (χ2n) is 5.35. The van der Waals surface area contributed by atoms with Gasteiger partial charge in [0.05, 0.1) is 10.4 Å². The van der Waals surface area contributed by atoms with E-state index in [0.717, 1.165) is 9.21 Å². The van der Waals surface area contributed by atoms with Gasteiger partial charge in [0.1, 0.15) is 0 Å². The number of carbonyl (C=O) groups excluding carboxylic acids is 1. The standard InChI is InChI=1S/C16H17ClN2O3S/c1-10(19(2)8-12-4-6-15(17)23-12)16(20)18-11-3-5-13-14(7-11)22-9-21-13/h3-7,10H,8-9H2,1-2H3,(H,18,20)/t10-/m1/s1. The highest BCUT2D eigenvalue weighted by Gasteiger charge is 2.20. The van der Waals surface area contributed by atoms with Crippen LogP contribution in [0.15, 0.2) is 30.3 Å². The Bertz CT molecular complexity index is 719. The Morgan fingerprint density at radius 1 is 1.35 bits per heavy atom. The minimum Gasteiger partial charge on any atom is -0.454 e. The largest absolute Gasteiger partial charge is 0.454 e. The molecule has 7 heteroatoms. The molecule has 0 fully saturated rings. The molecule has 1 aliphatic heterocycles. The van der Waals surface area contributed by atoms with E-state index in [1.807, 2.05) is 31.0 Å². The number of halogens is 1. The number of nitrogens with zero attached hydrogens (tertiary/aromatic N) is 1. The molecule has 23 heavy (non-hydrogen) atoms. The van der Waals surface area contributed by atoms with Crippen molar-refractivity contribution in [2.45, 2.75) is 19.5 Å². The number of hydrogen-bond donors (Lipinski definition) is 1. The number of likely N-dealkylation sites (N-methyl/N-ethyl adjacent to an activating group) is 1. The third-order valence-corrected chi connectivity index (χ3v) is 4.93. The fourth-order valence-corrected chi connectivity index (χ4v) is 3.39. The maximum atomic E-state index is 12.4. The SMILES string of the molecule is C[C@H](C(=O)Nc1ccc2c(c1)OCO2)N(C)Cc1ccc(Cl)s1. The van der Waals surface area contributed by atoms with Gasteiger partial charge in [0.2, 0.25) is 12.7 Å². The first-order valence-corrected chi connectivity index (χ1v) is 8.37. The van der Waals surface area contributed by atoms with Crippen LogP contribution in [-0.2, 0) is 11.3 Å². The van der Waals surface area contributed by atoms with Gasteiger partial charge in [-0.05, 0) is 38.2 Å². The lowest BCUT2D eigenvalue weighted by molar-refractivity contribution is -0.120. The van der Waals surface area contributed by atoms with Crippen molar-refractivity contribution < 1.29 is 14.3 Å². The van der Waals surface area contributed by atoms with Crippen LogP contribution in [-0.4, -0.2) is 30.7 Å². The predicted molar refractivity (Wildman–Crippen MR) is 91.5 cm³/mol. The smallest absolute Gasteiger partial charge is 0.241 e. The van der Waals surface area contributed by atoms with E-state index in [0.29, 0.717) is 23.7 Å². The lowest BCUT2D eigenvalue weighted by Gasteiger charge is -2.23. The van der Waals surface area contributed by atoms with E-state index < -0.39 is 0 Å². The molecular formula is C16H17ClN2O3S. The van der Waals surface area contributed by atoms with Crippen LogP contribution in [0.5, 0.6) is 11.5 Å². The second kappa shape index (κ2) is 6.78. The van der Waals surface area contributed by atoms with Crippen molar-refractivity contribution in [1.29, 1.82) is 0 Å². The zero-order valence-corrected chi connectivity index (χ0v) is 14.4. The summed E-state index contributed by atoms with van der Waals surface area (Å²) >= 11 is 7.46. The molecule has 5 nitrogen and oxygen atoms in total. The molecule has 0 saturated heterocycles. The summed E-state index contributed by atoms with van der Waals surface area (Å²) < 4.78 is 11.3. The van der Waals surface area contributed by atoms with Crippen LogP contribution in [0.4, 0.5) is 5.69 Å². The summed E-state index contributed by atoms with van der Waals surface area (Å²) in [5.74, 6) is 1.27. The average molecular weight is 353 g/mol. The fraction of sp³-hybridized carbons (Fsp3) is 0.312. The topological polar surface area (TPSA) is 50.8 Å². The number of anilines is 1. The summed E-state index contributed by atoms with van der Waals surface area (Å²) in [6.45, 7) is 2.76. The summed E-state index contributed by atoms with van der Waals surface area (Å²) in [5.41, 5.74) is 0.693. The molecule has 1 N–H and O–H groups in total. The molecule has 0 spiro atoms. The molecular weight excluding hydrogens is 336 g/mol. The molecule has 2 aromatic rings. The van der Waals surface area contributed by atoms with Gasteiger partial charge in [-0.2, -0.15) is 0 Å². The monoisotopic (exact) mass is 352 g/mol. The van der Waals surface area contributed by atoms with E-state index in [1.54, 1.807) is 18.2 Å². The molecule has 1 amide bonds. The molecule has 1 aromatic heterocycles. The third kappa shape index (κ3) is 3.77. The number of thiophene rings is 1. The Morgan fingerprint density at radius 2 is 2.13 bits per heavy atom. The summed E-state index contributed by atoms with van der Waals surface area (Å²) in [7, 11) is 1.91. The number of rotatable bonds is 5. The first kappa shape index (κ1) is 16.1. The van der Waals surface area contributed by atoms with Crippen molar-refractivity contribution >= 4 is 34.5 Å². The highest BCUT2D eigenvalue weighted by molar-refractivity contribution is 7.16. The molecule has 2 heterocycles. The van der Waals surface area contributed by atoms with Crippen LogP contribution in [0.2, 0.25) is 4.34 Å². The molecule has 1 aromatic carbocycles. The van der Waals surface area contributed by atoms with Gasteiger partial charge >= 0.3 is 0 Å². The van der Waals surface area contributed by atoms with Crippen LogP contribution >= 0.6 is 22.9 Å². The number of amides is 1. The van der Waals surface area contributed by atoms with Crippen LogP contribution in [0.25, 0.3) is 0 Å². The van der Waals surface area contributed by atoms with Crippen LogP contribution in [0.1, 0.15) is 11.8 Å². The van der Waals surface area contributed by atoms with Gasteiger partial charge in [0, 0.05) is 23.2 Å². The minimum atomic E-state index is -0.277. The van der Waals surface area contributed by atoms with Crippen molar-refractivity contribution in [3.63, 3.8) is 0 Å². The van der Waals surface area contributed by atoms with E-state index in [1.165, 1.54) is 11.3 Å². The molecule has 1 atom stereocenters. The van der Waals surface area contributed by atoms with Gasteiger partial charge in [0.25, 0.3) is 0 Å². The van der Waals surface area contributed by atoms with Crippen LogP contribution < -0.4 is 14.8 Å². The summed E-state index contributed by atoms with van der Waals surface area (Å²) in [6, 6.07) is 8.93. The van der Waals surface area contributed by atoms with Gasteiger partial charge in [0.15, 0.2) is 11.5 Å². The molecule has 3 rings (SSSR count). The number of nitrogens with one attached hydrogen (secondary N) is 1. The molecule has 0 aliphatic carbocycles. The average Bonchev–Trinajstić information content (AvgIpc) is 3.14. The number of carbonyl (C=O) groups is 1. The van der Waals surface area contributed by atoms with Crippen molar-refractivity contribution in [2.75, 3.05) is 19.2 Å². The predicted octanol–water partition coefficient (Wildman–Crippen LogP) is 3.59. The Balaban J connectivity index is 1.60. The van der Waals surface area contributed by atoms with Crippen LogP contribution in [0.3, 0.4) is 0 Å². The maximum absolute atomic E-state index is 12.4. The maximum Gasteiger partial charge on any atom is 0.241 e. The number of ether oxygens (including phenoxy) is 2. The summed E-state index contributed by atoms with van der Waals surface area (Å²) in [6.07, 6.45) is 0. The lowest BCUT2D eigenvalue weighted by Crippen LogP contribution is -2.39. The molecule has 0 bridgehead atoms. The van der Waals surface area contributed by atoms with Crippen molar-refractivity contribution in [3.05, 3.63) is 39.5 Å². The molecule has 0 saturated carbocycles. The third-order valence-electron chi connectivity index (χ3n) is 3.71. The van der Waals surface area contributed by atoms with Gasteiger partial charge in [-0.15, -0.1) is 11.3 Å². The van der Waals surface area contributed by atoms with E-state index in [2.05, 4.69) is 5.32 Å². The molecule has 122 valence electrons. The minimum absolute atomic E-state index is 0.0750. The Morgan fingerprint density at radius 3 is 2.87 bits per heavy atom.